The summed E-state index contributed by atoms with van der Waals surface area (Å²) >= 11 is 0. The van der Waals surface area contributed by atoms with E-state index in [1.165, 1.54) is 6.61 Å². The molecular formula is C5H9O2. The lowest BCUT2D eigenvalue weighted by Crippen LogP contribution is -1.87. The minimum absolute atomic E-state index is 0.639. The minimum atomic E-state index is 0.639. The number of hydrogen-bond acceptors (Lipinski definition) is 2. The van der Waals surface area contributed by atoms with Gasteiger partial charge in [-0.3, -0.25) is 0 Å². The Kier molecular flexibility index (Phi) is 5.85. The van der Waals surface area contributed by atoms with Gasteiger partial charge in [-0.15, -0.1) is 0 Å². The van der Waals surface area contributed by atoms with Gasteiger partial charge in [0, 0.05) is 13.7 Å². The molecule has 0 aromatic carbocycles. The molecule has 0 aliphatic carbocycles. The van der Waals surface area contributed by atoms with Gasteiger partial charge in [-0.2, -0.15) is 0 Å². The molecule has 2 heteroatoms. The summed E-state index contributed by atoms with van der Waals surface area (Å²) in [6, 6.07) is 0. The Bertz CT molecular complexity index is 25.3. The average Bonchev–Trinajstić information content (AvgIpc) is 1.69. The maximum atomic E-state index is 4.64. The summed E-state index contributed by atoms with van der Waals surface area (Å²) in [6.07, 6.45) is 0. The zero-order valence-corrected chi connectivity index (χ0v) is 4.60. The van der Waals surface area contributed by atoms with Gasteiger partial charge in [0.15, 0.2) is 6.61 Å². The van der Waals surface area contributed by atoms with Gasteiger partial charge in [-0.25, -0.2) is 0 Å². The Morgan fingerprint density at radius 2 is 2.43 bits per heavy atom. The third kappa shape index (κ3) is 5.92. The van der Waals surface area contributed by atoms with Gasteiger partial charge >= 0.3 is 0 Å². The van der Waals surface area contributed by atoms with Crippen LogP contribution in [0.1, 0.15) is 6.92 Å². The van der Waals surface area contributed by atoms with Crippen molar-refractivity contribution >= 4 is 0 Å². The van der Waals surface area contributed by atoms with Crippen LogP contribution in [0.3, 0.4) is 0 Å². The van der Waals surface area contributed by atoms with Crippen molar-refractivity contribution < 1.29 is 9.47 Å². The van der Waals surface area contributed by atoms with Crippen LogP contribution in [0.4, 0.5) is 0 Å². The summed E-state index contributed by atoms with van der Waals surface area (Å²) in [5.74, 6) is 0. The molecule has 0 spiro atoms. The van der Waals surface area contributed by atoms with E-state index in [0.717, 1.165) is 0 Å². The topological polar surface area (TPSA) is 18.5 Å². The Balaban J connectivity index is 2.45. The first-order valence-corrected chi connectivity index (χ1v) is 2.13. The molecule has 0 saturated heterocycles. The maximum absolute atomic E-state index is 4.64. The van der Waals surface area contributed by atoms with Crippen molar-refractivity contribution in [3.8, 4) is 0 Å². The van der Waals surface area contributed by atoms with Gasteiger partial charge in [-0.1, -0.05) is 0 Å². The van der Waals surface area contributed by atoms with E-state index in [1.54, 1.807) is 7.11 Å². The summed E-state index contributed by atoms with van der Waals surface area (Å²) in [6.45, 7) is 6.33. The molecule has 3 radical (unpaired) electrons. The first-order chi connectivity index (χ1) is 3.41. The van der Waals surface area contributed by atoms with E-state index in [1.807, 2.05) is 6.92 Å². The number of hydrogen-bond donors (Lipinski definition) is 0. The van der Waals surface area contributed by atoms with Crippen LogP contribution in [0.15, 0.2) is 0 Å². The van der Waals surface area contributed by atoms with Crippen molar-refractivity contribution in [2.75, 3.05) is 13.7 Å². The highest BCUT2D eigenvalue weighted by Crippen LogP contribution is 1.85. The van der Waals surface area contributed by atoms with E-state index >= 15 is 0 Å². The predicted octanol–water partition coefficient (Wildman–Crippen LogP) is 0.870. The van der Waals surface area contributed by atoms with Crippen molar-refractivity contribution in [3.05, 3.63) is 13.2 Å². The van der Waals surface area contributed by atoms with Gasteiger partial charge < -0.3 is 9.47 Å². The zero-order valence-electron chi connectivity index (χ0n) is 4.60. The molecule has 0 aromatic rings. The lowest BCUT2D eigenvalue weighted by molar-refractivity contribution is 0.171. The molecule has 2 nitrogen and oxygen atoms in total. The first-order valence-electron chi connectivity index (χ1n) is 2.13. The van der Waals surface area contributed by atoms with Crippen molar-refractivity contribution in [3.63, 3.8) is 0 Å². The second-order valence-electron chi connectivity index (χ2n) is 0.904. The molecule has 0 aliphatic rings. The van der Waals surface area contributed by atoms with Crippen LogP contribution in [0.2, 0.25) is 0 Å². The zero-order chi connectivity index (χ0) is 5.54. The van der Waals surface area contributed by atoms with Crippen LogP contribution in [0.5, 0.6) is 0 Å². The quantitative estimate of drug-likeness (QED) is 0.489. The molecule has 0 unspecified atom stereocenters. The Morgan fingerprint density at radius 1 is 1.71 bits per heavy atom. The average molecular weight is 101 g/mol. The van der Waals surface area contributed by atoms with Crippen LogP contribution in [-0.4, -0.2) is 13.7 Å². The monoisotopic (exact) mass is 101 g/mol. The SMILES string of the molecule is CCO[C][CH]OC. The number of methoxy groups -OCH3 is 1. The van der Waals surface area contributed by atoms with Gasteiger partial charge in [0.2, 0.25) is 0 Å². The highest BCUT2D eigenvalue weighted by molar-refractivity contribution is 4.59. The fraction of sp³-hybridized carbons (Fsp3) is 0.600. The number of rotatable bonds is 4. The van der Waals surface area contributed by atoms with E-state index in [9.17, 15) is 0 Å². The molecule has 41 valence electrons. The third-order valence-electron chi connectivity index (χ3n) is 0.394. The molecule has 0 bridgehead atoms. The standard InChI is InChI=1S/C5H9O2/c1-3-7-5-4-6-2/h4H,3H2,1-2H3. The van der Waals surface area contributed by atoms with Crippen molar-refractivity contribution in [2.24, 2.45) is 0 Å². The Morgan fingerprint density at radius 3 is 2.86 bits per heavy atom. The second kappa shape index (κ2) is 5.92. The largest absolute Gasteiger partial charge is 0.375 e. The van der Waals surface area contributed by atoms with Crippen LogP contribution in [-0.2, 0) is 9.47 Å². The van der Waals surface area contributed by atoms with E-state index < -0.39 is 0 Å². The summed E-state index contributed by atoms with van der Waals surface area (Å²) in [7, 11) is 1.55. The van der Waals surface area contributed by atoms with Crippen LogP contribution < -0.4 is 0 Å². The van der Waals surface area contributed by atoms with Gasteiger partial charge in [0.25, 0.3) is 0 Å². The van der Waals surface area contributed by atoms with E-state index in [0.29, 0.717) is 6.61 Å². The van der Waals surface area contributed by atoms with Gasteiger partial charge in [0.05, 0.1) is 0 Å². The molecular weight excluding hydrogens is 92.1 g/mol. The molecule has 0 rings (SSSR count). The molecule has 0 fully saturated rings. The lowest BCUT2D eigenvalue weighted by atomic mass is 10.7. The van der Waals surface area contributed by atoms with Crippen molar-refractivity contribution in [2.45, 2.75) is 6.92 Å². The molecule has 0 N–H and O–H groups in total. The Hall–Kier alpha value is -0.0800. The molecule has 0 aromatic heterocycles. The van der Waals surface area contributed by atoms with Crippen molar-refractivity contribution in [1.82, 2.24) is 0 Å². The highest BCUT2D eigenvalue weighted by Gasteiger charge is 1.82. The van der Waals surface area contributed by atoms with Crippen LogP contribution in [0, 0.1) is 13.2 Å². The molecule has 0 amide bonds. The summed E-state index contributed by atoms with van der Waals surface area (Å²) in [5.41, 5.74) is 0. The predicted molar refractivity (Wildman–Crippen MR) is 26.2 cm³/mol. The number of ether oxygens (including phenoxy) is 2. The van der Waals surface area contributed by atoms with Gasteiger partial charge in [0.1, 0.15) is 6.61 Å². The van der Waals surface area contributed by atoms with Gasteiger partial charge in [-0.05, 0) is 6.92 Å². The normalized spacial score (nSPS) is 9.43. The fourth-order valence-electron chi connectivity index (χ4n) is 0.165. The molecule has 7 heavy (non-hydrogen) atoms. The lowest BCUT2D eigenvalue weighted by Gasteiger charge is -1.92. The maximum Gasteiger partial charge on any atom is 0.166 e. The summed E-state index contributed by atoms with van der Waals surface area (Å²) in [5, 5.41) is 0. The summed E-state index contributed by atoms with van der Waals surface area (Å²) < 4.78 is 9.13. The summed E-state index contributed by atoms with van der Waals surface area (Å²) in [4.78, 5) is 0. The second-order valence-corrected chi connectivity index (χ2v) is 0.904. The van der Waals surface area contributed by atoms with Crippen molar-refractivity contribution in [1.29, 1.82) is 0 Å². The molecule has 0 saturated carbocycles. The molecule has 0 aliphatic heterocycles. The minimum Gasteiger partial charge on any atom is -0.375 e. The molecule has 0 atom stereocenters. The van der Waals surface area contributed by atoms with Crippen LogP contribution in [0.25, 0.3) is 0 Å². The smallest absolute Gasteiger partial charge is 0.166 e. The van der Waals surface area contributed by atoms with E-state index in [2.05, 4.69) is 16.1 Å². The molecule has 0 heterocycles. The van der Waals surface area contributed by atoms with Crippen LogP contribution >= 0.6 is 0 Å². The fourth-order valence-corrected chi connectivity index (χ4v) is 0.165. The first kappa shape index (κ1) is 6.92. The van der Waals surface area contributed by atoms with E-state index in [4.69, 9.17) is 0 Å². The highest BCUT2D eigenvalue weighted by atomic mass is 16.5. The van der Waals surface area contributed by atoms with E-state index in [-0.39, 0.29) is 0 Å². The third-order valence-corrected chi connectivity index (χ3v) is 0.394. The Labute approximate surface area is 44.4 Å².